The number of rotatable bonds is 0. The van der Waals surface area contributed by atoms with Crippen LogP contribution in [0.15, 0.2) is 12.3 Å². The molecule has 0 spiro atoms. The van der Waals surface area contributed by atoms with E-state index in [9.17, 15) is 30.8 Å². The summed E-state index contributed by atoms with van der Waals surface area (Å²) in [5.41, 5.74) is 0. The van der Waals surface area contributed by atoms with Crippen LogP contribution in [0.4, 0.5) is 30.8 Å². The standard InChI is InChI=1S/C5H2F7N/c6-3(7)1-2-13(12)5(10,11)4(3,8)9/h1-2H. The molecule has 0 unspecified atom stereocenters. The maximum absolute atomic E-state index is 12.2. The summed E-state index contributed by atoms with van der Waals surface area (Å²) >= 11 is 0. The quantitative estimate of drug-likeness (QED) is 0.336. The van der Waals surface area contributed by atoms with Gasteiger partial charge >= 0.3 is 17.9 Å². The molecule has 1 aliphatic heterocycles. The van der Waals surface area contributed by atoms with Gasteiger partial charge in [-0.3, -0.25) is 0 Å². The Kier molecular flexibility index (Phi) is 1.79. The van der Waals surface area contributed by atoms with Gasteiger partial charge in [0, 0.05) is 12.3 Å². The van der Waals surface area contributed by atoms with Crippen LogP contribution in [0.5, 0.6) is 0 Å². The third-order valence-electron chi connectivity index (χ3n) is 1.48. The molecular formula is C5H2F7N. The molecule has 0 aromatic carbocycles. The molecule has 0 bridgehead atoms. The number of halogens is 7. The molecule has 0 aromatic heterocycles. The minimum absolute atomic E-state index is 0.433. The van der Waals surface area contributed by atoms with Crippen molar-refractivity contribution in [2.45, 2.75) is 17.9 Å². The van der Waals surface area contributed by atoms with Crippen molar-refractivity contribution in [3.63, 3.8) is 0 Å². The smallest absolute Gasteiger partial charge is 0.195 e. The molecule has 0 atom stereocenters. The minimum atomic E-state index is -5.76. The van der Waals surface area contributed by atoms with Gasteiger partial charge in [0.1, 0.15) is 0 Å². The Labute approximate surface area is 67.4 Å². The number of hydrogen-bond donors (Lipinski definition) is 0. The van der Waals surface area contributed by atoms with Crippen LogP contribution in [-0.4, -0.2) is 23.0 Å². The highest BCUT2D eigenvalue weighted by Gasteiger charge is 2.75. The van der Waals surface area contributed by atoms with Crippen LogP contribution in [0, 0.1) is 0 Å². The SMILES string of the molecule is FN1C=CC(F)(F)C(F)(F)C1(F)F. The highest BCUT2D eigenvalue weighted by molar-refractivity contribution is 5.12. The van der Waals surface area contributed by atoms with Crippen LogP contribution < -0.4 is 0 Å². The normalized spacial score (nSPS) is 29.0. The second-order valence-corrected chi connectivity index (χ2v) is 2.37. The van der Waals surface area contributed by atoms with Gasteiger partial charge < -0.3 is 0 Å². The van der Waals surface area contributed by atoms with E-state index in [4.69, 9.17) is 0 Å². The van der Waals surface area contributed by atoms with E-state index in [0.717, 1.165) is 0 Å². The van der Waals surface area contributed by atoms with E-state index in [1.807, 2.05) is 0 Å². The molecule has 8 heteroatoms. The predicted octanol–water partition coefficient (Wildman–Crippen LogP) is 2.56. The van der Waals surface area contributed by atoms with Gasteiger partial charge in [0.05, 0.1) is 0 Å². The third-order valence-corrected chi connectivity index (χ3v) is 1.48. The molecule has 0 aliphatic carbocycles. The van der Waals surface area contributed by atoms with Crippen LogP contribution in [-0.2, 0) is 0 Å². The van der Waals surface area contributed by atoms with Crippen LogP contribution >= 0.6 is 0 Å². The predicted molar refractivity (Wildman–Crippen MR) is 26.9 cm³/mol. The first-order chi connectivity index (χ1) is 5.63. The third kappa shape index (κ3) is 1.07. The second-order valence-electron chi connectivity index (χ2n) is 2.37. The van der Waals surface area contributed by atoms with Crippen molar-refractivity contribution in [1.82, 2.24) is 5.12 Å². The fourth-order valence-electron chi connectivity index (χ4n) is 0.692. The van der Waals surface area contributed by atoms with Gasteiger partial charge in [-0.1, -0.05) is 4.48 Å². The van der Waals surface area contributed by atoms with Crippen molar-refractivity contribution >= 4 is 0 Å². The Bertz CT molecular complexity index is 245. The lowest BCUT2D eigenvalue weighted by atomic mass is 10.1. The molecule has 1 heterocycles. The van der Waals surface area contributed by atoms with Crippen LogP contribution in [0.3, 0.4) is 0 Å². The zero-order valence-electron chi connectivity index (χ0n) is 5.75. The van der Waals surface area contributed by atoms with E-state index >= 15 is 0 Å². The fraction of sp³-hybridized carbons (Fsp3) is 0.600. The molecule has 0 amide bonds. The largest absolute Gasteiger partial charge is 0.419 e. The molecule has 0 saturated heterocycles. The van der Waals surface area contributed by atoms with E-state index in [0.29, 0.717) is 0 Å². The number of alkyl halides is 6. The molecule has 1 nitrogen and oxygen atoms in total. The average Bonchev–Trinajstić information content (AvgIpc) is 1.97. The minimum Gasteiger partial charge on any atom is -0.195 e. The number of hydrogen-bond acceptors (Lipinski definition) is 1. The molecule has 0 aromatic rings. The van der Waals surface area contributed by atoms with Gasteiger partial charge in [0.25, 0.3) is 0 Å². The summed E-state index contributed by atoms with van der Waals surface area (Å²) in [5.74, 6) is -10.8. The second kappa shape index (κ2) is 2.30. The van der Waals surface area contributed by atoms with Gasteiger partial charge in [0.2, 0.25) is 0 Å². The fourth-order valence-corrected chi connectivity index (χ4v) is 0.692. The lowest BCUT2D eigenvalue weighted by molar-refractivity contribution is -0.373. The molecule has 13 heavy (non-hydrogen) atoms. The summed E-state index contributed by atoms with van der Waals surface area (Å²) in [5, 5.41) is -1.75. The Morgan fingerprint density at radius 3 is 1.77 bits per heavy atom. The first kappa shape index (κ1) is 10.1. The monoisotopic (exact) mass is 209 g/mol. The number of allylic oxidation sites excluding steroid dienone is 1. The van der Waals surface area contributed by atoms with Gasteiger partial charge in [-0.25, -0.2) is 0 Å². The van der Waals surface area contributed by atoms with Gasteiger partial charge in [-0.2, -0.15) is 26.3 Å². The molecule has 0 saturated carbocycles. The van der Waals surface area contributed by atoms with Crippen LogP contribution in [0.2, 0.25) is 0 Å². The molecule has 0 N–H and O–H groups in total. The van der Waals surface area contributed by atoms with Crippen LogP contribution in [0.25, 0.3) is 0 Å². The summed E-state index contributed by atoms with van der Waals surface area (Å²) in [6, 6.07) is -5.54. The van der Waals surface area contributed by atoms with E-state index < -0.39 is 35.3 Å². The summed E-state index contributed by atoms with van der Waals surface area (Å²) in [6.07, 6.45) is -1.05. The Hall–Kier alpha value is -0.950. The summed E-state index contributed by atoms with van der Waals surface area (Å²) in [4.78, 5) is 0. The zero-order valence-corrected chi connectivity index (χ0v) is 5.75. The van der Waals surface area contributed by atoms with E-state index in [2.05, 4.69) is 0 Å². The summed E-state index contributed by atoms with van der Waals surface area (Å²) in [7, 11) is 0. The van der Waals surface area contributed by atoms with Crippen LogP contribution in [0.1, 0.15) is 0 Å². The zero-order chi connectivity index (χ0) is 10.5. The molecule has 0 fully saturated rings. The number of nitrogens with zero attached hydrogens (tertiary/aromatic N) is 1. The first-order valence-corrected chi connectivity index (χ1v) is 2.91. The van der Waals surface area contributed by atoms with E-state index in [1.54, 1.807) is 0 Å². The molecule has 1 rings (SSSR count). The van der Waals surface area contributed by atoms with Crippen molar-refractivity contribution in [2.75, 3.05) is 0 Å². The maximum Gasteiger partial charge on any atom is 0.419 e. The summed E-state index contributed by atoms with van der Waals surface area (Å²) < 4.78 is 84.9. The maximum atomic E-state index is 12.2. The van der Waals surface area contributed by atoms with Gasteiger partial charge in [-0.05, 0) is 0 Å². The highest BCUT2D eigenvalue weighted by Crippen LogP contribution is 2.50. The molecule has 1 aliphatic rings. The van der Waals surface area contributed by atoms with Crippen molar-refractivity contribution in [1.29, 1.82) is 0 Å². The van der Waals surface area contributed by atoms with E-state index in [1.165, 1.54) is 0 Å². The lowest BCUT2D eigenvalue weighted by Gasteiger charge is -2.36. The van der Waals surface area contributed by atoms with Gasteiger partial charge in [-0.15, -0.1) is 5.12 Å². The molecule has 76 valence electrons. The Morgan fingerprint density at radius 1 is 0.923 bits per heavy atom. The van der Waals surface area contributed by atoms with Crippen molar-refractivity contribution in [3.05, 3.63) is 12.3 Å². The molecular weight excluding hydrogens is 207 g/mol. The lowest BCUT2D eigenvalue weighted by Crippen LogP contribution is -2.60. The van der Waals surface area contributed by atoms with E-state index in [-0.39, 0.29) is 0 Å². The van der Waals surface area contributed by atoms with Crippen molar-refractivity contribution < 1.29 is 30.8 Å². The first-order valence-electron chi connectivity index (χ1n) is 2.91. The van der Waals surface area contributed by atoms with Gasteiger partial charge in [0.15, 0.2) is 0 Å². The molecule has 0 radical (unpaired) electrons. The van der Waals surface area contributed by atoms with Crippen molar-refractivity contribution in [2.24, 2.45) is 0 Å². The average molecular weight is 209 g/mol. The summed E-state index contributed by atoms with van der Waals surface area (Å²) in [6.45, 7) is 0. The van der Waals surface area contributed by atoms with Crippen molar-refractivity contribution in [3.8, 4) is 0 Å². The topological polar surface area (TPSA) is 3.24 Å². The Morgan fingerprint density at radius 2 is 1.38 bits per heavy atom. The highest BCUT2D eigenvalue weighted by atomic mass is 19.4. The Balaban J connectivity index is 3.22.